The summed E-state index contributed by atoms with van der Waals surface area (Å²) in [6, 6.07) is 11.9. The summed E-state index contributed by atoms with van der Waals surface area (Å²) in [5.74, 6) is -0.0238. The predicted molar refractivity (Wildman–Crippen MR) is 84.0 cm³/mol. The Morgan fingerprint density at radius 2 is 2.09 bits per heavy atom. The van der Waals surface area contributed by atoms with Crippen LogP contribution in [-0.4, -0.2) is 10.9 Å². The third-order valence-electron chi connectivity index (χ3n) is 3.10. The molecule has 0 aliphatic carbocycles. The van der Waals surface area contributed by atoms with Gasteiger partial charge in [-0.15, -0.1) is 0 Å². The number of carbonyl (C=O) groups excluding carboxylic acids is 1. The molecule has 2 heterocycles. The van der Waals surface area contributed by atoms with Crippen LogP contribution in [0.3, 0.4) is 0 Å². The average molecular weight is 314 g/mol. The van der Waals surface area contributed by atoms with Crippen molar-refractivity contribution < 1.29 is 9.21 Å². The fourth-order valence-corrected chi connectivity index (χ4v) is 2.26. The first kappa shape index (κ1) is 14.3. The number of aromatic nitrogens is 1. The Morgan fingerprint density at radius 1 is 1.27 bits per heavy atom. The number of amides is 1. The zero-order chi connectivity index (χ0) is 15.7. The van der Waals surface area contributed by atoms with Crippen LogP contribution in [0.25, 0.3) is 11.0 Å². The number of rotatable bonds is 2. The van der Waals surface area contributed by atoms with Gasteiger partial charge in [0.2, 0.25) is 5.55 Å². The minimum absolute atomic E-state index is 0.123. The van der Waals surface area contributed by atoms with E-state index in [2.05, 4.69) is 10.3 Å². The number of aryl methyl sites for hydroxylation is 1. The van der Waals surface area contributed by atoms with Gasteiger partial charge >= 0.3 is 0 Å². The van der Waals surface area contributed by atoms with Crippen molar-refractivity contribution in [2.24, 2.45) is 0 Å². The van der Waals surface area contributed by atoms with Gasteiger partial charge in [-0.2, -0.15) is 0 Å². The van der Waals surface area contributed by atoms with Crippen LogP contribution in [0.4, 0.5) is 5.82 Å². The van der Waals surface area contributed by atoms with E-state index in [9.17, 15) is 4.79 Å². The molecule has 0 aliphatic heterocycles. The lowest BCUT2D eigenvalue weighted by Gasteiger charge is -2.06. The van der Waals surface area contributed by atoms with Crippen LogP contribution in [-0.2, 0) is 0 Å². The largest absolute Gasteiger partial charge is 0.438 e. The van der Waals surface area contributed by atoms with Crippen molar-refractivity contribution >= 4 is 34.3 Å². The van der Waals surface area contributed by atoms with E-state index in [1.807, 2.05) is 13.0 Å². The molecular weight excluding hydrogens is 302 g/mol. The van der Waals surface area contributed by atoms with Gasteiger partial charge in [-0.1, -0.05) is 17.7 Å². The predicted octanol–water partition coefficient (Wildman–Crippen LogP) is 3.52. The molecule has 0 saturated heterocycles. The SMILES string of the molecule is Cc1cccc(NC(=O)c2cc3cc(Cl)ccc3oc2=N)n1. The zero-order valence-electron chi connectivity index (χ0n) is 11.7. The molecule has 0 aliphatic rings. The van der Waals surface area contributed by atoms with Crippen molar-refractivity contribution in [3.8, 4) is 0 Å². The zero-order valence-corrected chi connectivity index (χ0v) is 12.4. The fraction of sp³-hybridized carbons (Fsp3) is 0.0625. The molecule has 0 unspecified atom stereocenters. The Morgan fingerprint density at radius 3 is 2.86 bits per heavy atom. The second-order valence-corrected chi connectivity index (χ2v) is 5.23. The highest BCUT2D eigenvalue weighted by atomic mass is 35.5. The molecule has 2 N–H and O–H groups in total. The summed E-state index contributed by atoms with van der Waals surface area (Å²) in [5.41, 5.74) is 1.21. The second kappa shape index (κ2) is 5.61. The van der Waals surface area contributed by atoms with Crippen LogP contribution in [0.15, 0.2) is 46.9 Å². The molecule has 2 aromatic heterocycles. The van der Waals surface area contributed by atoms with Crippen LogP contribution < -0.4 is 10.9 Å². The molecule has 6 heteroatoms. The minimum atomic E-state index is -0.450. The molecular formula is C16H12ClN3O2. The number of hydrogen-bond donors (Lipinski definition) is 2. The topological polar surface area (TPSA) is 79.0 Å². The maximum atomic E-state index is 12.3. The molecule has 22 heavy (non-hydrogen) atoms. The molecule has 1 aromatic carbocycles. The third kappa shape index (κ3) is 2.84. The smallest absolute Gasteiger partial charge is 0.262 e. The lowest BCUT2D eigenvalue weighted by atomic mass is 10.1. The van der Waals surface area contributed by atoms with Gasteiger partial charge < -0.3 is 9.73 Å². The number of benzene rings is 1. The van der Waals surface area contributed by atoms with Crippen molar-refractivity contribution in [1.82, 2.24) is 4.98 Å². The van der Waals surface area contributed by atoms with Crippen molar-refractivity contribution in [3.05, 3.63) is 64.3 Å². The maximum absolute atomic E-state index is 12.3. The van der Waals surface area contributed by atoms with E-state index in [1.165, 1.54) is 0 Å². The molecule has 1 amide bonds. The number of fused-ring (bicyclic) bond motifs is 1. The van der Waals surface area contributed by atoms with Gasteiger partial charge in [0, 0.05) is 16.1 Å². The summed E-state index contributed by atoms with van der Waals surface area (Å²) in [7, 11) is 0. The summed E-state index contributed by atoms with van der Waals surface area (Å²) in [4.78, 5) is 16.5. The highest BCUT2D eigenvalue weighted by molar-refractivity contribution is 6.31. The van der Waals surface area contributed by atoms with E-state index in [1.54, 1.807) is 36.4 Å². The standard InChI is InChI=1S/C16H12ClN3O2/c1-9-3-2-4-14(19-9)20-16(21)12-8-10-7-11(17)5-6-13(10)22-15(12)18/h2-8,18H,1H3,(H,19,20,21). The lowest BCUT2D eigenvalue weighted by Crippen LogP contribution is -2.21. The number of halogens is 1. The maximum Gasteiger partial charge on any atom is 0.262 e. The first-order valence-electron chi connectivity index (χ1n) is 6.56. The number of nitrogens with one attached hydrogen (secondary N) is 2. The van der Waals surface area contributed by atoms with Crippen molar-refractivity contribution in [3.63, 3.8) is 0 Å². The minimum Gasteiger partial charge on any atom is -0.438 e. The molecule has 0 bridgehead atoms. The van der Waals surface area contributed by atoms with E-state index in [0.29, 0.717) is 21.8 Å². The lowest BCUT2D eigenvalue weighted by molar-refractivity contribution is 0.102. The third-order valence-corrected chi connectivity index (χ3v) is 3.34. The summed E-state index contributed by atoms with van der Waals surface area (Å²) < 4.78 is 5.36. The quantitative estimate of drug-likeness (QED) is 0.759. The number of hydrogen-bond acceptors (Lipinski definition) is 4. The molecule has 5 nitrogen and oxygen atoms in total. The van der Waals surface area contributed by atoms with Crippen LogP contribution in [0, 0.1) is 12.3 Å². The summed E-state index contributed by atoms with van der Waals surface area (Å²) in [6.07, 6.45) is 0. The molecule has 0 atom stereocenters. The van der Waals surface area contributed by atoms with Crippen LogP contribution in [0.2, 0.25) is 5.02 Å². The normalized spacial score (nSPS) is 10.6. The molecule has 0 radical (unpaired) electrons. The van der Waals surface area contributed by atoms with Crippen molar-refractivity contribution in [2.45, 2.75) is 6.92 Å². The molecule has 110 valence electrons. The van der Waals surface area contributed by atoms with Crippen molar-refractivity contribution in [2.75, 3.05) is 5.32 Å². The van der Waals surface area contributed by atoms with E-state index in [0.717, 1.165) is 5.69 Å². The first-order chi connectivity index (χ1) is 10.5. The van der Waals surface area contributed by atoms with E-state index < -0.39 is 5.91 Å². The fourth-order valence-electron chi connectivity index (χ4n) is 2.08. The Hall–Kier alpha value is -2.66. The van der Waals surface area contributed by atoms with Gasteiger partial charge in [0.15, 0.2) is 0 Å². The van der Waals surface area contributed by atoms with Gasteiger partial charge in [-0.3, -0.25) is 10.2 Å². The van der Waals surface area contributed by atoms with Crippen LogP contribution in [0.1, 0.15) is 16.1 Å². The second-order valence-electron chi connectivity index (χ2n) is 4.79. The molecule has 0 fully saturated rings. The molecule has 0 spiro atoms. The highest BCUT2D eigenvalue weighted by Crippen LogP contribution is 2.19. The Bertz CT molecular complexity index is 934. The number of nitrogens with zero attached hydrogens (tertiary/aromatic N) is 1. The average Bonchev–Trinajstić information content (AvgIpc) is 2.47. The van der Waals surface area contributed by atoms with E-state index in [4.69, 9.17) is 21.4 Å². The van der Waals surface area contributed by atoms with Gasteiger partial charge in [-0.25, -0.2) is 4.98 Å². The summed E-state index contributed by atoms with van der Waals surface area (Å²) in [6.45, 7) is 1.83. The summed E-state index contributed by atoms with van der Waals surface area (Å²) >= 11 is 5.94. The summed E-state index contributed by atoms with van der Waals surface area (Å²) in [5, 5.41) is 11.7. The first-order valence-corrected chi connectivity index (χ1v) is 6.94. The molecule has 3 aromatic rings. The Kier molecular flexibility index (Phi) is 3.65. The van der Waals surface area contributed by atoms with Crippen molar-refractivity contribution in [1.29, 1.82) is 5.41 Å². The number of pyridine rings is 1. The van der Waals surface area contributed by atoms with Gasteiger partial charge in [-0.05, 0) is 43.3 Å². The monoisotopic (exact) mass is 313 g/mol. The number of anilines is 1. The highest BCUT2D eigenvalue weighted by Gasteiger charge is 2.12. The van der Waals surface area contributed by atoms with E-state index >= 15 is 0 Å². The molecule has 0 saturated carbocycles. The van der Waals surface area contributed by atoms with Crippen LogP contribution in [0.5, 0.6) is 0 Å². The van der Waals surface area contributed by atoms with Gasteiger partial charge in [0.25, 0.3) is 5.91 Å². The van der Waals surface area contributed by atoms with E-state index in [-0.39, 0.29) is 11.1 Å². The van der Waals surface area contributed by atoms with Gasteiger partial charge in [0.05, 0.1) is 0 Å². The van der Waals surface area contributed by atoms with Gasteiger partial charge in [0.1, 0.15) is 17.0 Å². The number of carbonyl (C=O) groups is 1. The Balaban J connectivity index is 2.00. The van der Waals surface area contributed by atoms with Crippen LogP contribution >= 0.6 is 11.6 Å². The molecule has 3 rings (SSSR count). The Labute approximate surface area is 131 Å².